The standard InChI is InChI=1S/C11H7Br2NOS2/c12-5-4-8(16-10(5)13)11-14-9-6(15)2-1-3-7(9)17-11/h4H,1-3H2. The Labute approximate surface area is 123 Å². The molecule has 0 bridgehead atoms. The van der Waals surface area contributed by atoms with Crippen molar-refractivity contribution in [3.8, 4) is 9.88 Å². The average molecular weight is 393 g/mol. The van der Waals surface area contributed by atoms with Gasteiger partial charge in [-0.15, -0.1) is 22.7 Å². The second-order valence-corrected chi connectivity index (χ2v) is 8.11. The third-order valence-electron chi connectivity index (χ3n) is 2.63. The van der Waals surface area contributed by atoms with Gasteiger partial charge >= 0.3 is 0 Å². The minimum atomic E-state index is 0.198. The smallest absolute Gasteiger partial charge is 0.182 e. The molecule has 17 heavy (non-hydrogen) atoms. The van der Waals surface area contributed by atoms with Gasteiger partial charge in [0.05, 0.1) is 8.66 Å². The first-order valence-corrected chi connectivity index (χ1v) is 8.35. The van der Waals surface area contributed by atoms with Gasteiger partial charge in [0.1, 0.15) is 10.7 Å². The van der Waals surface area contributed by atoms with E-state index in [1.165, 1.54) is 0 Å². The van der Waals surface area contributed by atoms with Crippen molar-refractivity contribution < 1.29 is 4.79 Å². The van der Waals surface area contributed by atoms with Crippen LogP contribution < -0.4 is 0 Å². The number of thiazole rings is 1. The van der Waals surface area contributed by atoms with Crippen LogP contribution in [0, 0.1) is 0 Å². The normalized spacial score (nSPS) is 15.1. The number of hydrogen-bond donors (Lipinski definition) is 0. The van der Waals surface area contributed by atoms with Gasteiger partial charge in [-0.05, 0) is 50.8 Å². The summed E-state index contributed by atoms with van der Waals surface area (Å²) in [6, 6.07) is 2.05. The van der Waals surface area contributed by atoms with Crippen LogP contribution in [0.3, 0.4) is 0 Å². The summed E-state index contributed by atoms with van der Waals surface area (Å²) in [5.74, 6) is 0.198. The molecule has 2 nitrogen and oxygen atoms in total. The van der Waals surface area contributed by atoms with E-state index >= 15 is 0 Å². The van der Waals surface area contributed by atoms with Crippen LogP contribution in [0.4, 0.5) is 0 Å². The van der Waals surface area contributed by atoms with Crippen LogP contribution in [0.2, 0.25) is 0 Å². The minimum Gasteiger partial charge on any atom is -0.292 e. The Morgan fingerprint density at radius 1 is 1.24 bits per heavy atom. The second kappa shape index (κ2) is 4.57. The van der Waals surface area contributed by atoms with Crippen LogP contribution in [0.1, 0.15) is 28.2 Å². The fourth-order valence-corrected chi connectivity index (χ4v) is 5.03. The molecule has 0 amide bonds. The van der Waals surface area contributed by atoms with Crippen LogP contribution in [-0.4, -0.2) is 10.8 Å². The van der Waals surface area contributed by atoms with Gasteiger partial charge in [0.2, 0.25) is 0 Å². The van der Waals surface area contributed by atoms with E-state index in [-0.39, 0.29) is 5.78 Å². The molecule has 6 heteroatoms. The number of aryl methyl sites for hydroxylation is 1. The number of rotatable bonds is 1. The highest BCUT2D eigenvalue weighted by molar-refractivity contribution is 9.13. The summed E-state index contributed by atoms with van der Waals surface area (Å²) in [6.45, 7) is 0. The molecule has 2 aromatic rings. The van der Waals surface area contributed by atoms with E-state index in [0.29, 0.717) is 12.1 Å². The number of fused-ring (bicyclic) bond motifs is 1. The Morgan fingerprint density at radius 2 is 2.06 bits per heavy atom. The van der Waals surface area contributed by atoms with Crippen molar-refractivity contribution in [3.05, 3.63) is 24.9 Å². The molecule has 1 aliphatic carbocycles. The lowest BCUT2D eigenvalue weighted by atomic mass is 10.0. The molecule has 88 valence electrons. The molecule has 0 saturated carbocycles. The van der Waals surface area contributed by atoms with Crippen molar-refractivity contribution in [3.63, 3.8) is 0 Å². The summed E-state index contributed by atoms with van der Waals surface area (Å²) in [4.78, 5) is 18.5. The average Bonchev–Trinajstić information content (AvgIpc) is 2.85. The molecule has 0 atom stereocenters. The molecule has 0 spiro atoms. The SMILES string of the molecule is O=C1CCCc2sc(-c3cc(Br)c(Br)s3)nc21. The maximum Gasteiger partial charge on any atom is 0.182 e. The Kier molecular flexibility index (Phi) is 3.23. The maximum atomic E-state index is 11.7. The Hall–Kier alpha value is -0.0400. The first kappa shape index (κ1) is 12.0. The van der Waals surface area contributed by atoms with E-state index in [9.17, 15) is 4.79 Å². The largest absolute Gasteiger partial charge is 0.292 e. The number of halogens is 2. The number of carbonyl (C=O) groups is 1. The molecular formula is C11H7Br2NOS2. The minimum absolute atomic E-state index is 0.198. The summed E-state index contributed by atoms with van der Waals surface area (Å²) in [7, 11) is 0. The zero-order valence-corrected chi connectivity index (χ0v) is 13.4. The number of carbonyl (C=O) groups excluding carboxylic acids is 1. The summed E-state index contributed by atoms with van der Waals surface area (Å²) in [5.41, 5.74) is 0.705. The van der Waals surface area contributed by atoms with Gasteiger partial charge in [-0.2, -0.15) is 0 Å². The maximum absolute atomic E-state index is 11.7. The second-order valence-electron chi connectivity index (χ2n) is 3.80. The number of ketones is 1. The lowest BCUT2D eigenvalue weighted by Crippen LogP contribution is -2.08. The van der Waals surface area contributed by atoms with Gasteiger partial charge in [0.25, 0.3) is 0 Å². The fraction of sp³-hybridized carbons (Fsp3) is 0.273. The number of Topliss-reactive ketones (excluding diaryl/α,β-unsaturated/α-hetero) is 1. The molecule has 0 aliphatic heterocycles. The highest BCUT2D eigenvalue weighted by Crippen LogP contribution is 2.41. The Balaban J connectivity index is 2.07. The first-order valence-electron chi connectivity index (χ1n) is 5.13. The third kappa shape index (κ3) is 2.16. The van der Waals surface area contributed by atoms with E-state index in [4.69, 9.17) is 0 Å². The molecule has 0 aromatic carbocycles. The summed E-state index contributed by atoms with van der Waals surface area (Å²) in [5, 5.41) is 0.960. The Morgan fingerprint density at radius 3 is 2.71 bits per heavy atom. The van der Waals surface area contributed by atoms with E-state index in [1.807, 2.05) is 6.07 Å². The summed E-state index contributed by atoms with van der Waals surface area (Å²) in [6.07, 6.45) is 2.60. The number of hydrogen-bond acceptors (Lipinski definition) is 4. The van der Waals surface area contributed by atoms with Crippen molar-refractivity contribution in [2.24, 2.45) is 0 Å². The van der Waals surface area contributed by atoms with Gasteiger partial charge in [0, 0.05) is 15.8 Å². The van der Waals surface area contributed by atoms with E-state index in [1.54, 1.807) is 22.7 Å². The molecule has 0 saturated heterocycles. The van der Waals surface area contributed by atoms with Crippen LogP contribution in [-0.2, 0) is 6.42 Å². The zero-order chi connectivity index (χ0) is 12.0. The van der Waals surface area contributed by atoms with Crippen molar-refractivity contribution in [2.45, 2.75) is 19.3 Å². The lowest BCUT2D eigenvalue weighted by molar-refractivity contribution is 0.0968. The van der Waals surface area contributed by atoms with Crippen LogP contribution >= 0.6 is 54.5 Å². The van der Waals surface area contributed by atoms with E-state index in [2.05, 4.69) is 36.8 Å². The van der Waals surface area contributed by atoms with E-state index in [0.717, 1.165) is 35.9 Å². The van der Waals surface area contributed by atoms with Crippen molar-refractivity contribution >= 4 is 60.3 Å². The number of thiophene rings is 1. The quantitative estimate of drug-likeness (QED) is 0.689. The van der Waals surface area contributed by atoms with E-state index < -0.39 is 0 Å². The molecule has 2 heterocycles. The predicted octanol–water partition coefficient (Wildman–Crippen LogP) is 4.92. The third-order valence-corrected chi connectivity index (χ3v) is 7.17. The molecular weight excluding hydrogens is 386 g/mol. The molecule has 0 N–H and O–H groups in total. The van der Waals surface area contributed by atoms with Crippen molar-refractivity contribution in [2.75, 3.05) is 0 Å². The van der Waals surface area contributed by atoms with Crippen molar-refractivity contribution in [1.82, 2.24) is 4.98 Å². The van der Waals surface area contributed by atoms with Gasteiger partial charge in [-0.1, -0.05) is 0 Å². The first-order chi connectivity index (χ1) is 8.15. The van der Waals surface area contributed by atoms with Crippen molar-refractivity contribution in [1.29, 1.82) is 0 Å². The molecule has 0 unspecified atom stereocenters. The molecule has 2 aromatic heterocycles. The lowest BCUT2D eigenvalue weighted by Gasteiger charge is -2.06. The van der Waals surface area contributed by atoms with Crippen LogP contribution in [0.25, 0.3) is 9.88 Å². The molecule has 3 rings (SSSR count). The summed E-state index contributed by atoms with van der Waals surface area (Å²) < 4.78 is 2.10. The highest BCUT2D eigenvalue weighted by atomic mass is 79.9. The highest BCUT2D eigenvalue weighted by Gasteiger charge is 2.23. The van der Waals surface area contributed by atoms with Gasteiger partial charge < -0.3 is 0 Å². The fourth-order valence-electron chi connectivity index (χ4n) is 1.82. The zero-order valence-electron chi connectivity index (χ0n) is 8.63. The van der Waals surface area contributed by atoms with Gasteiger partial charge in [-0.25, -0.2) is 4.98 Å². The summed E-state index contributed by atoms with van der Waals surface area (Å²) >= 11 is 10.2. The molecule has 1 aliphatic rings. The van der Waals surface area contributed by atoms with Gasteiger partial charge in [-0.3, -0.25) is 4.79 Å². The monoisotopic (exact) mass is 391 g/mol. The topological polar surface area (TPSA) is 30.0 Å². The van der Waals surface area contributed by atoms with Gasteiger partial charge in [0.15, 0.2) is 5.78 Å². The Bertz CT molecular complexity index is 583. The molecule has 0 radical (unpaired) electrons. The molecule has 0 fully saturated rings. The van der Waals surface area contributed by atoms with Crippen LogP contribution in [0.15, 0.2) is 14.3 Å². The number of aromatic nitrogens is 1. The van der Waals surface area contributed by atoms with Crippen LogP contribution in [0.5, 0.6) is 0 Å². The predicted molar refractivity (Wildman–Crippen MR) is 78.1 cm³/mol. The number of nitrogens with zero attached hydrogens (tertiary/aromatic N) is 1.